The summed E-state index contributed by atoms with van der Waals surface area (Å²) >= 11 is 0. The van der Waals surface area contributed by atoms with Gasteiger partial charge in [0.05, 0.1) is 13.2 Å². The maximum atomic E-state index is 13.3. The Morgan fingerprint density at radius 1 is 1.29 bits per heavy atom. The Hall–Kier alpha value is -2.21. The molecule has 0 N–H and O–H groups in total. The van der Waals surface area contributed by atoms with Crippen molar-refractivity contribution >= 4 is 5.91 Å². The van der Waals surface area contributed by atoms with Gasteiger partial charge < -0.3 is 9.64 Å². The van der Waals surface area contributed by atoms with Gasteiger partial charge in [-0.15, -0.1) is 0 Å². The van der Waals surface area contributed by atoms with E-state index in [0.29, 0.717) is 19.8 Å². The number of hydrogen-bond donors (Lipinski definition) is 0. The Balaban J connectivity index is 1.71. The third-order valence-corrected chi connectivity index (χ3v) is 5.18. The van der Waals surface area contributed by atoms with E-state index >= 15 is 0 Å². The van der Waals surface area contributed by atoms with Crippen LogP contribution < -0.4 is 0 Å². The van der Waals surface area contributed by atoms with E-state index in [4.69, 9.17) is 4.74 Å². The fraction of sp³-hybridized carbons (Fsp3) is 0.500. The first-order chi connectivity index (χ1) is 11.7. The van der Waals surface area contributed by atoms with Gasteiger partial charge in [0.2, 0.25) is 0 Å². The van der Waals surface area contributed by atoms with Crippen LogP contribution in [0.25, 0.3) is 0 Å². The summed E-state index contributed by atoms with van der Waals surface area (Å²) in [6, 6.07) is 3.89. The second-order valence-corrected chi connectivity index (χ2v) is 6.57. The number of aromatic nitrogens is 3. The van der Waals surface area contributed by atoms with Crippen molar-refractivity contribution in [3.8, 4) is 0 Å². The van der Waals surface area contributed by atoms with Crippen LogP contribution in [0, 0.1) is 6.92 Å². The van der Waals surface area contributed by atoms with Gasteiger partial charge in [0.1, 0.15) is 12.4 Å². The monoisotopic (exact) mass is 326 g/mol. The van der Waals surface area contributed by atoms with Crippen LogP contribution in [0.15, 0.2) is 18.5 Å². The first-order valence-corrected chi connectivity index (χ1v) is 8.51. The highest BCUT2D eigenvalue weighted by Gasteiger charge is 2.34. The van der Waals surface area contributed by atoms with Crippen molar-refractivity contribution in [3.63, 3.8) is 0 Å². The van der Waals surface area contributed by atoms with Crippen molar-refractivity contribution in [3.05, 3.63) is 46.5 Å². The van der Waals surface area contributed by atoms with Gasteiger partial charge in [-0.2, -0.15) is 5.10 Å². The van der Waals surface area contributed by atoms with Crippen LogP contribution in [0.3, 0.4) is 0 Å². The Morgan fingerprint density at radius 2 is 2.12 bits per heavy atom. The highest BCUT2D eigenvalue weighted by Crippen LogP contribution is 2.31. The second-order valence-electron chi connectivity index (χ2n) is 6.57. The fourth-order valence-electron chi connectivity index (χ4n) is 3.91. The molecule has 126 valence electrons. The number of carbonyl (C=O) groups is 1. The number of hydrogen-bond acceptors (Lipinski definition) is 4. The number of benzene rings is 1. The second kappa shape index (κ2) is 6.02. The molecular weight excluding hydrogens is 304 g/mol. The normalized spacial score (nSPS) is 20.2. The highest BCUT2D eigenvalue weighted by molar-refractivity contribution is 5.96. The predicted molar refractivity (Wildman–Crippen MR) is 88.8 cm³/mol. The van der Waals surface area contributed by atoms with E-state index in [1.165, 1.54) is 23.0 Å². The van der Waals surface area contributed by atoms with Gasteiger partial charge in [0, 0.05) is 19.2 Å². The minimum Gasteiger partial charge on any atom is -0.377 e. The number of fused-ring (bicyclic) bond motifs is 1. The van der Waals surface area contributed by atoms with E-state index in [-0.39, 0.29) is 11.9 Å². The van der Waals surface area contributed by atoms with Gasteiger partial charge in [0.15, 0.2) is 5.82 Å². The maximum absolute atomic E-state index is 13.3. The highest BCUT2D eigenvalue weighted by atomic mass is 16.5. The average molecular weight is 326 g/mol. The molecule has 1 aromatic carbocycles. The number of ether oxygens (including phenoxy) is 1. The topological polar surface area (TPSA) is 60.3 Å². The van der Waals surface area contributed by atoms with Gasteiger partial charge in [-0.1, -0.05) is 6.07 Å². The van der Waals surface area contributed by atoms with Crippen LogP contribution >= 0.6 is 0 Å². The number of carbonyl (C=O) groups excluding carboxylic acids is 1. The number of amides is 1. The molecule has 0 radical (unpaired) electrons. The standard InChI is InChI=1S/C18H22N4O2/c1-12-6-7-15(14-5-3-4-13(12)14)18(23)22-8-9-24-10-16(22)17-19-11-20-21(17)2/h6-7,11,16H,3-5,8-10H2,1-2H3. The molecule has 1 saturated heterocycles. The zero-order chi connectivity index (χ0) is 16.7. The summed E-state index contributed by atoms with van der Waals surface area (Å²) in [6.45, 7) is 3.75. The number of aryl methyl sites for hydroxylation is 2. The van der Waals surface area contributed by atoms with E-state index in [1.807, 2.05) is 18.0 Å². The van der Waals surface area contributed by atoms with Gasteiger partial charge in [0.25, 0.3) is 5.91 Å². The maximum Gasteiger partial charge on any atom is 0.254 e. The lowest BCUT2D eigenvalue weighted by Crippen LogP contribution is -2.44. The van der Waals surface area contributed by atoms with Crippen molar-refractivity contribution in [2.45, 2.75) is 32.2 Å². The molecule has 2 aromatic rings. The lowest BCUT2D eigenvalue weighted by atomic mass is 9.97. The van der Waals surface area contributed by atoms with Crippen LogP contribution in [0.1, 0.15) is 45.3 Å². The SMILES string of the molecule is Cc1ccc(C(=O)N2CCOCC2c2ncnn2C)c2c1CCC2. The number of morpholine rings is 1. The van der Waals surface area contributed by atoms with E-state index in [9.17, 15) is 4.79 Å². The molecule has 1 unspecified atom stereocenters. The van der Waals surface area contributed by atoms with Gasteiger partial charge in [-0.05, 0) is 48.9 Å². The largest absolute Gasteiger partial charge is 0.377 e. The van der Waals surface area contributed by atoms with Gasteiger partial charge >= 0.3 is 0 Å². The lowest BCUT2D eigenvalue weighted by Gasteiger charge is -2.35. The molecule has 6 heteroatoms. The van der Waals surface area contributed by atoms with Gasteiger partial charge in [-0.25, -0.2) is 4.98 Å². The summed E-state index contributed by atoms with van der Waals surface area (Å²) in [6.07, 6.45) is 4.74. The Bertz CT molecular complexity index is 783. The predicted octanol–water partition coefficient (Wildman–Crippen LogP) is 1.83. The molecule has 0 saturated carbocycles. The fourth-order valence-corrected chi connectivity index (χ4v) is 3.91. The van der Waals surface area contributed by atoms with Crippen LogP contribution in [-0.4, -0.2) is 45.3 Å². The number of nitrogens with zero attached hydrogens (tertiary/aromatic N) is 4. The average Bonchev–Trinajstić information content (AvgIpc) is 3.24. The lowest BCUT2D eigenvalue weighted by molar-refractivity contribution is -0.00623. The molecule has 2 aliphatic rings. The first-order valence-electron chi connectivity index (χ1n) is 8.51. The molecule has 1 aliphatic carbocycles. The summed E-state index contributed by atoms with van der Waals surface area (Å²) in [5.41, 5.74) is 4.75. The van der Waals surface area contributed by atoms with Crippen molar-refractivity contribution in [2.24, 2.45) is 7.05 Å². The van der Waals surface area contributed by atoms with Crippen molar-refractivity contribution < 1.29 is 9.53 Å². The molecule has 1 aliphatic heterocycles. The summed E-state index contributed by atoms with van der Waals surface area (Å²) in [5.74, 6) is 0.858. The van der Waals surface area contributed by atoms with E-state index < -0.39 is 0 Å². The molecule has 0 bridgehead atoms. The van der Waals surface area contributed by atoms with Crippen LogP contribution in [0.4, 0.5) is 0 Å². The smallest absolute Gasteiger partial charge is 0.254 e. The minimum absolute atomic E-state index is 0.0875. The molecule has 2 heterocycles. The van der Waals surface area contributed by atoms with Crippen LogP contribution in [0.5, 0.6) is 0 Å². The van der Waals surface area contributed by atoms with Gasteiger partial charge in [-0.3, -0.25) is 9.48 Å². The molecule has 1 amide bonds. The number of rotatable bonds is 2. The zero-order valence-corrected chi connectivity index (χ0v) is 14.2. The summed E-state index contributed by atoms with van der Waals surface area (Å²) in [7, 11) is 1.85. The third-order valence-electron chi connectivity index (χ3n) is 5.18. The summed E-state index contributed by atoms with van der Waals surface area (Å²) in [4.78, 5) is 19.5. The molecule has 1 atom stereocenters. The zero-order valence-electron chi connectivity index (χ0n) is 14.2. The van der Waals surface area contributed by atoms with E-state index in [2.05, 4.69) is 23.1 Å². The Labute approximate surface area is 141 Å². The molecular formula is C18H22N4O2. The molecule has 0 spiro atoms. The van der Waals surface area contributed by atoms with Crippen LogP contribution in [-0.2, 0) is 24.6 Å². The van der Waals surface area contributed by atoms with Crippen molar-refractivity contribution in [1.82, 2.24) is 19.7 Å². The van der Waals surface area contributed by atoms with Crippen LogP contribution in [0.2, 0.25) is 0 Å². The summed E-state index contributed by atoms with van der Waals surface area (Å²) < 4.78 is 7.34. The molecule has 24 heavy (non-hydrogen) atoms. The molecule has 4 rings (SSSR count). The quantitative estimate of drug-likeness (QED) is 0.845. The first kappa shape index (κ1) is 15.3. The minimum atomic E-state index is -0.183. The Morgan fingerprint density at radius 3 is 2.92 bits per heavy atom. The summed E-state index contributed by atoms with van der Waals surface area (Å²) in [5, 5.41) is 4.14. The Kier molecular flexibility index (Phi) is 3.84. The molecule has 6 nitrogen and oxygen atoms in total. The van der Waals surface area contributed by atoms with E-state index in [1.54, 1.807) is 4.68 Å². The van der Waals surface area contributed by atoms with Crippen molar-refractivity contribution in [1.29, 1.82) is 0 Å². The third kappa shape index (κ3) is 2.41. The molecule has 1 aromatic heterocycles. The van der Waals surface area contributed by atoms with Crippen molar-refractivity contribution in [2.75, 3.05) is 19.8 Å². The van der Waals surface area contributed by atoms with E-state index in [0.717, 1.165) is 30.7 Å². The molecule has 1 fully saturated rings.